The molecule has 4 nitrogen and oxygen atoms in total. The SMILES string of the molecule is CC(C)n1nnc(-c2cccc(Cl)c2)c1C=O. The van der Waals surface area contributed by atoms with Crippen LogP contribution >= 0.6 is 11.6 Å². The number of hydrogen-bond donors (Lipinski definition) is 0. The Kier molecular flexibility index (Phi) is 3.24. The minimum atomic E-state index is 0.0932. The number of carbonyl (C=O) groups excluding carboxylic acids is 1. The second-order valence-electron chi connectivity index (χ2n) is 3.99. The molecule has 0 fully saturated rings. The zero-order valence-corrected chi connectivity index (χ0v) is 10.3. The first kappa shape index (κ1) is 11.8. The highest BCUT2D eigenvalue weighted by Crippen LogP contribution is 2.24. The quantitative estimate of drug-likeness (QED) is 0.786. The Morgan fingerprint density at radius 1 is 1.41 bits per heavy atom. The summed E-state index contributed by atoms with van der Waals surface area (Å²) in [5.41, 5.74) is 1.84. The molecule has 0 atom stereocenters. The molecule has 0 unspecified atom stereocenters. The molecule has 2 aromatic rings. The van der Waals surface area contributed by atoms with Crippen molar-refractivity contribution < 1.29 is 4.79 Å². The van der Waals surface area contributed by atoms with Crippen LogP contribution in [-0.4, -0.2) is 21.3 Å². The summed E-state index contributed by atoms with van der Waals surface area (Å²) in [6, 6.07) is 7.31. The predicted octanol–water partition coefficient (Wildman–Crippen LogP) is 2.99. The van der Waals surface area contributed by atoms with Crippen LogP contribution < -0.4 is 0 Å². The first-order chi connectivity index (χ1) is 8.13. The molecule has 5 heteroatoms. The van der Waals surface area contributed by atoms with Gasteiger partial charge in [-0.15, -0.1) is 5.10 Å². The van der Waals surface area contributed by atoms with E-state index in [1.165, 1.54) is 0 Å². The monoisotopic (exact) mass is 249 g/mol. The molecule has 1 aromatic carbocycles. The van der Waals surface area contributed by atoms with Crippen molar-refractivity contribution in [1.82, 2.24) is 15.0 Å². The highest BCUT2D eigenvalue weighted by Gasteiger charge is 2.15. The summed E-state index contributed by atoms with van der Waals surface area (Å²) in [6.45, 7) is 3.90. The van der Waals surface area contributed by atoms with Crippen LogP contribution in [0.3, 0.4) is 0 Å². The molecule has 0 saturated heterocycles. The molecule has 0 aliphatic carbocycles. The van der Waals surface area contributed by atoms with Crippen LogP contribution in [-0.2, 0) is 0 Å². The van der Waals surface area contributed by atoms with Crippen molar-refractivity contribution in [2.45, 2.75) is 19.9 Å². The minimum absolute atomic E-state index is 0.0932. The number of aldehydes is 1. The zero-order valence-electron chi connectivity index (χ0n) is 9.59. The Morgan fingerprint density at radius 3 is 2.76 bits per heavy atom. The fourth-order valence-electron chi connectivity index (χ4n) is 1.63. The molecule has 17 heavy (non-hydrogen) atoms. The van der Waals surface area contributed by atoms with E-state index in [0.29, 0.717) is 16.4 Å². The summed E-state index contributed by atoms with van der Waals surface area (Å²) in [5, 5.41) is 8.64. The number of benzene rings is 1. The van der Waals surface area contributed by atoms with E-state index in [-0.39, 0.29) is 6.04 Å². The molecular weight excluding hydrogens is 238 g/mol. The van der Waals surface area contributed by atoms with Crippen molar-refractivity contribution in [2.75, 3.05) is 0 Å². The van der Waals surface area contributed by atoms with Crippen LogP contribution in [0.5, 0.6) is 0 Å². The van der Waals surface area contributed by atoms with E-state index in [1.807, 2.05) is 26.0 Å². The minimum Gasteiger partial charge on any atom is -0.296 e. The molecule has 0 N–H and O–H groups in total. The second-order valence-corrected chi connectivity index (χ2v) is 4.43. The van der Waals surface area contributed by atoms with Crippen LogP contribution in [0, 0.1) is 0 Å². The number of hydrogen-bond acceptors (Lipinski definition) is 3. The third-order valence-corrected chi connectivity index (χ3v) is 2.66. The first-order valence-corrected chi connectivity index (χ1v) is 5.67. The molecule has 0 aliphatic rings. The zero-order chi connectivity index (χ0) is 12.4. The Hall–Kier alpha value is -1.68. The van der Waals surface area contributed by atoms with Gasteiger partial charge >= 0.3 is 0 Å². The molecule has 0 saturated carbocycles. The van der Waals surface area contributed by atoms with E-state index in [4.69, 9.17) is 11.6 Å². The maximum Gasteiger partial charge on any atom is 0.170 e. The van der Waals surface area contributed by atoms with Crippen molar-refractivity contribution in [3.8, 4) is 11.3 Å². The summed E-state index contributed by atoms with van der Waals surface area (Å²) < 4.78 is 1.60. The smallest absolute Gasteiger partial charge is 0.170 e. The van der Waals surface area contributed by atoms with Crippen LogP contribution in [0.15, 0.2) is 24.3 Å². The normalized spacial score (nSPS) is 10.8. The Balaban J connectivity index is 2.56. The van der Waals surface area contributed by atoms with Gasteiger partial charge in [0.15, 0.2) is 6.29 Å². The van der Waals surface area contributed by atoms with Gasteiger partial charge in [-0.25, -0.2) is 4.68 Å². The molecule has 0 amide bonds. The van der Waals surface area contributed by atoms with Gasteiger partial charge in [0.1, 0.15) is 11.4 Å². The van der Waals surface area contributed by atoms with Crippen LogP contribution in [0.25, 0.3) is 11.3 Å². The fourth-order valence-corrected chi connectivity index (χ4v) is 1.82. The standard InChI is InChI=1S/C12H12ClN3O/c1-8(2)16-11(7-17)12(14-15-16)9-4-3-5-10(13)6-9/h3-8H,1-2H3. The number of aromatic nitrogens is 3. The summed E-state index contributed by atoms with van der Waals surface area (Å²) in [4.78, 5) is 11.1. The van der Waals surface area contributed by atoms with Crippen molar-refractivity contribution in [1.29, 1.82) is 0 Å². The molecule has 0 spiro atoms. The topological polar surface area (TPSA) is 47.8 Å². The molecule has 2 rings (SSSR count). The number of rotatable bonds is 3. The highest BCUT2D eigenvalue weighted by molar-refractivity contribution is 6.30. The third kappa shape index (κ3) is 2.22. The Labute approximate surface area is 104 Å². The largest absolute Gasteiger partial charge is 0.296 e. The van der Waals surface area contributed by atoms with Gasteiger partial charge in [0, 0.05) is 16.6 Å². The maximum atomic E-state index is 11.1. The van der Waals surface area contributed by atoms with E-state index < -0.39 is 0 Å². The van der Waals surface area contributed by atoms with Crippen molar-refractivity contribution in [3.05, 3.63) is 35.0 Å². The summed E-state index contributed by atoms with van der Waals surface area (Å²) in [6.07, 6.45) is 0.774. The van der Waals surface area contributed by atoms with E-state index in [0.717, 1.165) is 11.8 Å². The van der Waals surface area contributed by atoms with E-state index in [9.17, 15) is 4.79 Å². The molecule has 0 bridgehead atoms. The van der Waals surface area contributed by atoms with Gasteiger partial charge < -0.3 is 0 Å². The lowest BCUT2D eigenvalue weighted by Gasteiger charge is -2.05. The van der Waals surface area contributed by atoms with Gasteiger partial charge in [0.05, 0.1) is 0 Å². The lowest BCUT2D eigenvalue weighted by molar-refractivity contribution is 0.111. The first-order valence-electron chi connectivity index (χ1n) is 5.29. The summed E-state index contributed by atoms with van der Waals surface area (Å²) in [5.74, 6) is 0. The molecule has 0 aliphatic heterocycles. The maximum absolute atomic E-state index is 11.1. The lowest BCUT2D eigenvalue weighted by Crippen LogP contribution is -2.07. The number of nitrogens with zero attached hydrogens (tertiary/aromatic N) is 3. The highest BCUT2D eigenvalue weighted by atomic mass is 35.5. The van der Waals surface area contributed by atoms with Gasteiger partial charge in [0.2, 0.25) is 0 Å². The molecule has 88 valence electrons. The van der Waals surface area contributed by atoms with Gasteiger partial charge in [0.25, 0.3) is 0 Å². The van der Waals surface area contributed by atoms with Gasteiger partial charge in [-0.1, -0.05) is 28.9 Å². The summed E-state index contributed by atoms with van der Waals surface area (Å²) in [7, 11) is 0. The number of carbonyl (C=O) groups is 1. The lowest BCUT2D eigenvalue weighted by atomic mass is 10.1. The Morgan fingerprint density at radius 2 is 2.18 bits per heavy atom. The second kappa shape index (κ2) is 4.67. The van der Waals surface area contributed by atoms with Crippen LogP contribution in [0.2, 0.25) is 5.02 Å². The fraction of sp³-hybridized carbons (Fsp3) is 0.250. The molecule has 1 heterocycles. The van der Waals surface area contributed by atoms with Gasteiger partial charge in [-0.05, 0) is 26.0 Å². The predicted molar refractivity (Wildman–Crippen MR) is 66.2 cm³/mol. The van der Waals surface area contributed by atoms with Crippen molar-refractivity contribution in [3.63, 3.8) is 0 Å². The van der Waals surface area contributed by atoms with E-state index in [2.05, 4.69) is 10.3 Å². The molecular formula is C12H12ClN3O. The van der Waals surface area contributed by atoms with Crippen molar-refractivity contribution in [2.24, 2.45) is 0 Å². The average molecular weight is 250 g/mol. The number of halogens is 1. The van der Waals surface area contributed by atoms with Gasteiger partial charge in [-0.3, -0.25) is 4.79 Å². The van der Waals surface area contributed by atoms with E-state index in [1.54, 1.807) is 16.8 Å². The molecule has 0 radical (unpaired) electrons. The third-order valence-electron chi connectivity index (χ3n) is 2.43. The van der Waals surface area contributed by atoms with E-state index >= 15 is 0 Å². The molecule has 1 aromatic heterocycles. The van der Waals surface area contributed by atoms with Gasteiger partial charge in [-0.2, -0.15) is 0 Å². The Bertz CT molecular complexity index is 548. The van der Waals surface area contributed by atoms with Crippen LogP contribution in [0.4, 0.5) is 0 Å². The van der Waals surface area contributed by atoms with Crippen LogP contribution in [0.1, 0.15) is 30.4 Å². The van der Waals surface area contributed by atoms with Crippen molar-refractivity contribution >= 4 is 17.9 Å². The average Bonchev–Trinajstić information content (AvgIpc) is 2.72. The summed E-state index contributed by atoms with van der Waals surface area (Å²) >= 11 is 5.92.